The molecule has 0 saturated heterocycles. The van der Waals surface area contributed by atoms with Crippen LogP contribution < -0.4 is 5.73 Å². The summed E-state index contributed by atoms with van der Waals surface area (Å²) in [6.07, 6.45) is 2.52. The first-order valence-corrected chi connectivity index (χ1v) is 4.43. The Labute approximate surface area is 87.4 Å². The molecular weight excluding hydrogens is 196 g/mol. The number of carbonyl (C=O) groups excluding carboxylic acids is 1. The normalized spacial score (nSPS) is 12.2. The Kier molecular flexibility index (Phi) is 2.78. The third-order valence-electron chi connectivity index (χ3n) is 1.89. The molecule has 1 heterocycles. The molecule has 0 atom stereocenters. The van der Waals surface area contributed by atoms with Gasteiger partial charge in [0.1, 0.15) is 0 Å². The van der Waals surface area contributed by atoms with Gasteiger partial charge in [-0.05, 0) is 20.8 Å². The molecule has 0 unspecified atom stereocenters. The summed E-state index contributed by atoms with van der Waals surface area (Å²) in [6.45, 7) is 5.75. The minimum absolute atomic E-state index is 0.239. The first kappa shape index (κ1) is 11.2. The summed E-state index contributed by atoms with van der Waals surface area (Å²) in [5, 5.41) is 15.5. The molecule has 6 nitrogen and oxygen atoms in total. The van der Waals surface area contributed by atoms with E-state index in [1.54, 1.807) is 4.68 Å². The lowest BCUT2D eigenvalue weighted by Gasteiger charge is -2.21. The second-order valence-electron chi connectivity index (χ2n) is 4.13. The van der Waals surface area contributed by atoms with Crippen molar-refractivity contribution in [2.45, 2.75) is 26.3 Å². The maximum atomic E-state index is 11.1. The lowest BCUT2D eigenvalue weighted by Crippen LogP contribution is -2.26. The topological polar surface area (TPSA) is 93.5 Å². The molecule has 1 aromatic rings. The van der Waals surface area contributed by atoms with Crippen molar-refractivity contribution in [1.82, 2.24) is 9.78 Å². The second kappa shape index (κ2) is 3.72. The van der Waals surface area contributed by atoms with Crippen LogP contribution in [0.2, 0.25) is 0 Å². The smallest absolute Gasteiger partial charge is 0.252 e. The zero-order valence-corrected chi connectivity index (χ0v) is 8.93. The van der Waals surface area contributed by atoms with E-state index in [4.69, 9.17) is 10.9 Å². The van der Waals surface area contributed by atoms with Gasteiger partial charge in [0.25, 0.3) is 5.91 Å². The van der Waals surface area contributed by atoms with Crippen molar-refractivity contribution in [3.63, 3.8) is 0 Å². The number of amides is 1. The Hall–Kier alpha value is -1.85. The molecular formula is C9H14N4O2. The minimum atomic E-state index is -0.597. The van der Waals surface area contributed by atoms with E-state index in [-0.39, 0.29) is 11.1 Å². The highest BCUT2D eigenvalue weighted by Gasteiger charge is 2.21. The highest BCUT2D eigenvalue weighted by molar-refractivity contribution is 6.00. The average Bonchev–Trinajstić information content (AvgIpc) is 2.47. The molecule has 15 heavy (non-hydrogen) atoms. The molecule has 0 fully saturated rings. The first-order chi connectivity index (χ1) is 6.88. The van der Waals surface area contributed by atoms with Gasteiger partial charge in [-0.2, -0.15) is 5.10 Å². The summed E-state index contributed by atoms with van der Waals surface area (Å²) in [7, 11) is 0. The predicted octanol–water partition coefficient (Wildman–Crippen LogP) is 0.545. The van der Waals surface area contributed by atoms with E-state index < -0.39 is 5.91 Å². The van der Waals surface area contributed by atoms with Crippen molar-refractivity contribution in [3.05, 3.63) is 17.5 Å². The van der Waals surface area contributed by atoms with Gasteiger partial charge in [0.05, 0.1) is 29.2 Å². The highest BCUT2D eigenvalue weighted by atomic mass is 16.4. The Morgan fingerprint density at radius 2 is 2.27 bits per heavy atom. The van der Waals surface area contributed by atoms with Crippen molar-refractivity contribution < 1.29 is 10.0 Å². The van der Waals surface area contributed by atoms with Crippen LogP contribution in [0, 0.1) is 0 Å². The Morgan fingerprint density at radius 1 is 1.67 bits per heavy atom. The van der Waals surface area contributed by atoms with Gasteiger partial charge in [0.15, 0.2) is 0 Å². The van der Waals surface area contributed by atoms with Crippen LogP contribution in [0.5, 0.6) is 0 Å². The molecule has 0 aliphatic rings. The summed E-state index contributed by atoms with van der Waals surface area (Å²) in [5.74, 6) is -0.597. The highest BCUT2D eigenvalue weighted by Crippen LogP contribution is 2.17. The number of nitrogens with two attached hydrogens (primary N) is 1. The largest absolute Gasteiger partial charge is 0.411 e. The van der Waals surface area contributed by atoms with Crippen LogP contribution in [0.3, 0.4) is 0 Å². The number of hydrogen-bond donors (Lipinski definition) is 2. The molecule has 3 N–H and O–H groups in total. The van der Waals surface area contributed by atoms with Crippen LogP contribution in [0.25, 0.3) is 0 Å². The molecule has 82 valence electrons. The van der Waals surface area contributed by atoms with Gasteiger partial charge in [-0.15, -0.1) is 0 Å². The van der Waals surface area contributed by atoms with Gasteiger partial charge in [-0.25, -0.2) is 0 Å². The van der Waals surface area contributed by atoms with Gasteiger partial charge < -0.3 is 10.9 Å². The molecule has 0 saturated carbocycles. The summed E-state index contributed by atoms with van der Waals surface area (Å²) in [4.78, 5) is 11.1. The molecule has 6 heteroatoms. The molecule has 0 radical (unpaired) electrons. The van der Waals surface area contributed by atoms with E-state index in [2.05, 4.69) is 10.3 Å². The number of oxime groups is 1. The van der Waals surface area contributed by atoms with Crippen molar-refractivity contribution in [1.29, 1.82) is 0 Å². The number of hydrogen-bond acceptors (Lipinski definition) is 4. The quantitative estimate of drug-likeness (QED) is 0.424. The Morgan fingerprint density at radius 3 is 2.67 bits per heavy atom. The fourth-order valence-electron chi connectivity index (χ4n) is 1.26. The van der Waals surface area contributed by atoms with Gasteiger partial charge >= 0.3 is 0 Å². The maximum Gasteiger partial charge on any atom is 0.252 e. The van der Waals surface area contributed by atoms with Gasteiger partial charge in [0.2, 0.25) is 0 Å². The zero-order valence-electron chi connectivity index (χ0n) is 8.93. The van der Waals surface area contributed by atoms with Crippen LogP contribution in [-0.2, 0) is 5.54 Å². The third-order valence-corrected chi connectivity index (χ3v) is 1.89. The molecule has 0 bridgehead atoms. The number of aromatic nitrogens is 2. The molecule has 1 rings (SSSR count). The summed E-state index contributed by atoms with van der Waals surface area (Å²) >= 11 is 0. The van der Waals surface area contributed by atoms with Gasteiger partial charge in [0, 0.05) is 0 Å². The van der Waals surface area contributed by atoms with E-state index in [1.165, 1.54) is 6.20 Å². The summed E-state index contributed by atoms with van der Waals surface area (Å²) in [6, 6.07) is 0. The predicted molar refractivity (Wildman–Crippen MR) is 55.1 cm³/mol. The fraction of sp³-hybridized carbons (Fsp3) is 0.444. The van der Waals surface area contributed by atoms with E-state index in [1.807, 2.05) is 20.8 Å². The van der Waals surface area contributed by atoms with Crippen LogP contribution in [0.1, 0.15) is 36.8 Å². The summed E-state index contributed by atoms with van der Waals surface area (Å²) < 4.78 is 1.58. The third kappa shape index (κ3) is 2.15. The molecule has 0 aliphatic heterocycles. The minimum Gasteiger partial charge on any atom is -0.411 e. The summed E-state index contributed by atoms with van der Waals surface area (Å²) in [5.41, 5.74) is 5.49. The molecule has 0 aromatic carbocycles. The fourth-order valence-corrected chi connectivity index (χ4v) is 1.26. The van der Waals surface area contributed by atoms with Crippen LogP contribution in [-0.4, -0.2) is 27.1 Å². The number of primary amides is 1. The number of carbonyl (C=O) groups is 1. The van der Waals surface area contributed by atoms with E-state index in [9.17, 15) is 4.79 Å². The van der Waals surface area contributed by atoms with Crippen LogP contribution >= 0.6 is 0 Å². The Balaban J connectivity index is 3.37. The maximum absolute atomic E-state index is 11.1. The van der Waals surface area contributed by atoms with Crippen molar-refractivity contribution in [2.75, 3.05) is 0 Å². The molecule has 0 aliphatic carbocycles. The van der Waals surface area contributed by atoms with E-state index >= 15 is 0 Å². The lowest BCUT2D eigenvalue weighted by molar-refractivity contribution is 0.1000. The van der Waals surface area contributed by atoms with Crippen molar-refractivity contribution in [2.24, 2.45) is 10.9 Å². The lowest BCUT2D eigenvalue weighted by atomic mass is 10.1. The van der Waals surface area contributed by atoms with E-state index in [0.717, 1.165) is 6.21 Å². The molecule has 1 aromatic heterocycles. The second-order valence-corrected chi connectivity index (χ2v) is 4.13. The number of rotatable bonds is 2. The molecule has 0 spiro atoms. The van der Waals surface area contributed by atoms with Crippen molar-refractivity contribution in [3.8, 4) is 0 Å². The first-order valence-electron chi connectivity index (χ1n) is 4.43. The number of nitrogens with zero attached hydrogens (tertiary/aromatic N) is 3. The van der Waals surface area contributed by atoms with Crippen molar-refractivity contribution >= 4 is 12.1 Å². The Bertz CT molecular complexity index is 401. The van der Waals surface area contributed by atoms with E-state index in [0.29, 0.717) is 5.69 Å². The van der Waals surface area contributed by atoms with Crippen LogP contribution in [0.4, 0.5) is 0 Å². The monoisotopic (exact) mass is 210 g/mol. The standard InChI is InChI=1S/C9H14N4O2/c1-9(2,3)13-7(5-12-15)6(4-11-13)8(10)14/h4-5,15H,1-3H3,(H2,10,14). The van der Waals surface area contributed by atoms with Crippen LogP contribution in [0.15, 0.2) is 11.4 Å². The van der Waals surface area contributed by atoms with Gasteiger partial charge in [-0.3, -0.25) is 9.48 Å². The molecule has 1 amide bonds. The SMILES string of the molecule is CC(C)(C)n1ncc(C(N)=O)c1C=NO. The average molecular weight is 210 g/mol. The van der Waals surface area contributed by atoms with Gasteiger partial charge in [-0.1, -0.05) is 5.16 Å². The zero-order chi connectivity index (χ0) is 11.6.